The molecule has 7 heteroatoms. The minimum atomic E-state index is -0.830. The van der Waals surface area contributed by atoms with Gasteiger partial charge in [0.1, 0.15) is 11.2 Å². The molecule has 0 bridgehead atoms. The Morgan fingerprint density at radius 3 is 2.62 bits per heavy atom. The zero-order valence-electron chi connectivity index (χ0n) is 15.4. The predicted octanol–water partition coefficient (Wildman–Crippen LogP) is 2.63. The molecule has 2 aromatic rings. The van der Waals surface area contributed by atoms with Crippen molar-refractivity contribution in [1.29, 1.82) is 0 Å². The number of hydrogen-bond donors (Lipinski definition) is 1. The molecular weight excluding hydrogens is 348 g/mol. The Labute approximate surface area is 157 Å². The number of rotatable bonds is 4. The van der Waals surface area contributed by atoms with Crippen LogP contribution < -0.4 is 5.32 Å². The molecule has 2 amide bonds. The van der Waals surface area contributed by atoms with E-state index in [1.165, 1.54) is 11.3 Å². The number of benzene rings is 1. The number of amides is 2. The molecule has 1 fully saturated rings. The number of aromatic nitrogens is 1. The Kier molecular flexibility index (Phi) is 5.27. The molecule has 0 radical (unpaired) electrons. The molecule has 1 N–H and O–H groups in total. The molecule has 2 heterocycles. The lowest BCUT2D eigenvalue weighted by Gasteiger charge is -2.43. The summed E-state index contributed by atoms with van der Waals surface area (Å²) >= 11 is 1.46. The average molecular weight is 372 g/mol. The number of likely N-dealkylation sites (N-methyl/N-ethyl adjacent to an activating group) is 1. The van der Waals surface area contributed by atoms with Gasteiger partial charge in [0.25, 0.3) is 5.91 Å². The first-order valence-electron chi connectivity index (χ1n) is 8.68. The molecule has 6 nitrogen and oxygen atoms in total. The Bertz CT molecular complexity index is 790. The molecule has 1 atom stereocenters. The molecule has 0 aliphatic carbocycles. The van der Waals surface area contributed by atoms with Gasteiger partial charge >= 0.3 is 0 Å². The summed E-state index contributed by atoms with van der Waals surface area (Å²) in [6.45, 7) is 2.84. The van der Waals surface area contributed by atoms with Crippen molar-refractivity contribution in [3.05, 3.63) is 46.4 Å². The molecule has 1 aromatic heterocycles. The van der Waals surface area contributed by atoms with Crippen molar-refractivity contribution in [3.8, 4) is 0 Å². The molecular formula is C19H24N4O2S. The fraction of sp³-hybridized carbons (Fsp3) is 0.421. The highest BCUT2D eigenvalue weighted by atomic mass is 32.1. The van der Waals surface area contributed by atoms with E-state index >= 15 is 0 Å². The van der Waals surface area contributed by atoms with Crippen LogP contribution in [0.1, 0.15) is 28.3 Å². The Morgan fingerprint density at radius 1 is 1.27 bits per heavy atom. The van der Waals surface area contributed by atoms with Crippen LogP contribution in [0.2, 0.25) is 0 Å². The molecule has 1 aliphatic heterocycles. The van der Waals surface area contributed by atoms with Crippen LogP contribution >= 0.6 is 11.3 Å². The number of para-hydroxylation sites is 1. The first-order valence-corrected chi connectivity index (χ1v) is 9.56. The molecule has 0 saturated carbocycles. The van der Waals surface area contributed by atoms with Crippen LogP contribution in [-0.2, 0) is 4.79 Å². The maximum absolute atomic E-state index is 13.0. The largest absolute Gasteiger partial charge is 0.370 e. The maximum Gasteiger partial charge on any atom is 0.273 e. The number of nitrogens with one attached hydrogen (secondary N) is 1. The maximum atomic E-state index is 13.0. The highest BCUT2D eigenvalue weighted by molar-refractivity contribution is 7.09. The number of nitrogens with zero attached hydrogens (tertiary/aromatic N) is 3. The van der Waals surface area contributed by atoms with Crippen molar-refractivity contribution < 1.29 is 9.59 Å². The van der Waals surface area contributed by atoms with Gasteiger partial charge in [-0.3, -0.25) is 9.59 Å². The summed E-state index contributed by atoms with van der Waals surface area (Å²) < 4.78 is 0. The first kappa shape index (κ1) is 18.4. The third-order valence-electron chi connectivity index (χ3n) is 4.59. The second-order valence-electron chi connectivity index (χ2n) is 6.85. The lowest BCUT2D eigenvalue weighted by Crippen LogP contribution is -2.62. The van der Waals surface area contributed by atoms with Gasteiger partial charge in [0, 0.05) is 31.7 Å². The monoisotopic (exact) mass is 372 g/mol. The van der Waals surface area contributed by atoms with Crippen LogP contribution in [0.15, 0.2) is 35.7 Å². The number of piperidine rings is 1. The molecule has 1 aromatic carbocycles. The predicted molar refractivity (Wildman–Crippen MR) is 103 cm³/mol. The summed E-state index contributed by atoms with van der Waals surface area (Å²) in [5.41, 5.74) is 0.505. The third-order valence-corrected chi connectivity index (χ3v) is 5.36. The van der Waals surface area contributed by atoms with Crippen molar-refractivity contribution in [1.82, 2.24) is 14.8 Å². The van der Waals surface area contributed by atoms with E-state index in [1.807, 2.05) is 37.3 Å². The van der Waals surface area contributed by atoms with E-state index in [0.29, 0.717) is 25.2 Å². The molecule has 1 unspecified atom stereocenters. The van der Waals surface area contributed by atoms with Gasteiger partial charge in [-0.05, 0) is 31.9 Å². The van der Waals surface area contributed by atoms with Crippen LogP contribution in [0.4, 0.5) is 5.69 Å². The van der Waals surface area contributed by atoms with Crippen molar-refractivity contribution in [3.63, 3.8) is 0 Å². The average Bonchev–Trinajstić information content (AvgIpc) is 3.07. The summed E-state index contributed by atoms with van der Waals surface area (Å²) in [5, 5.41) is 6.06. The molecule has 3 rings (SSSR count). The van der Waals surface area contributed by atoms with Crippen molar-refractivity contribution in [2.24, 2.45) is 0 Å². The fourth-order valence-electron chi connectivity index (χ4n) is 3.41. The number of carbonyl (C=O) groups excluding carboxylic acids is 2. The number of carbonyl (C=O) groups is 2. The van der Waals surface area contributed by atoms with Gasteiger partial charge in [-0.1, -0.05) is 18.2 Å². The lowest BCUT2D eigenvalue weighted by atomic mass is 9.86. The number of anilines is 1. The summed E-state index contributed by atoms with van der Waals surface area (Å²) in [5.74, 6) is -0.131. The number of thiazole rings is 1. The second-order valence-corrected chi connectivity index (χ2v) is 7.92. The lowest BCUT2D eigenvalue weighted by molar-refractivity contribution is -0.135. The third kappa shape index (κ3) is 3.72. The van der Waals surface area contributed by atoms with Crippen LogP contribution in [0.3, 0.4) is 0 Å². The van der Waals surface area contributed by atoms with Crippen LogP contribution in [0.5, 0.6) is 0 Å². The van der Waals surface area contributed by atoms with E-state index in [4.69, 9.17) is 0 Å². The van der Waals surface area contributed by atoms with E-state index in [9.17, 15) is 9.59 Å². The zero-order valence-corrected chi connectivity index (χ0v) is 16.2. The SMILES string of the molecule is Cc1nc(C(=O)N2CCCC(Nc3ccccc3)(C(=O)N(C)C)C2)cs1. The van der Waals surface area contributed by atoms with Crippen LogP contribution in [0.25, 0.3) is 0 Å². The quantitative estimate of drug-likeness (QED) is 0.896. The minimum absolute atomic E-state index is 0.0201. The highest BCUT2D eigenvalue weighted by Gasteiger charge is 2.44. The summed E-state index contributed by atoms with van der Waals surface area (Å²) in [4.78, 5) is 33.6. The molecule has 1 aliphatic rings. The Morgan fingerprint density at radius 2 is 2.00 bits per heavy atom. The highest BCUT2D eigenvalue weighted by Crippen LogP contribution is 2.29. The number of aryl methyl sites for hydroxylation is 1. The standard InChI is InChI=1S/C19H24N4O2S/c1-14-20-16(12-26-14)17(24)23-11-7-10-19(13-23,18(25)22(2)3)21-15-8-5-4-6-9-15/h4-6,8-9,12,21H,7,10-11,13H2,1-3H3. The van der Waals surface area contributed by atoms with Crippen molar-refractivity contribution in [2.45, 2.75) is 25.3 Å². The van der Waals surface area contributed by atoms with Gasteiger partial charge in [0.2, 0.25) is 5.91 Å². The summed E-state index contributed by atoms with van der Waals surface area (Å²) in [7, 11) is 3.50. The van der Waals surface area contributed by atoms with Crippen molar-refractivity contribution in [2.75, 3.05) is 32.5 Å². The molecule has 26 heavy (non-hydrogen) atoms. The van der Waals surface area contributed by atoms with E-state index in [-0.39, 0.29) is 11.8 Å². The summed E-state index contributed by atoms with van der Waals surface area (Å²) in [6.07, 6.45) is 1.44. The Hall–Kier alpha value is -2.41. The molecule has 138 valence electrons. The van der Waals surface area contributed by atoms with E-state index in [0.717, 1.165) is 17.1 Å². The Balaban J connectivity index is 1.88. The number of likely N-dealkylation sites (tertiary alicyclic amines) is 1. The first-order chi connectivity index (χ1) is 12.4. The fourth-order valence-corrected chi connectivity index (χ4v) is 4.00. The molecule has 1 saturated heterocycles. The smallest absolute Gasteiger partial charge is 0.273 e. The molecule has 0 spiro atoms. The van der Waals surface area contributed by atoms with Crippen molar-refractivity contribution >= 4 is 28.8 Å². The van der Waals surface area contributed by atoms with E-state index in [1.54, 1.807) is 29.3 Å². The van der Waals surface area contributed by atoms with Gasteiger partial charge in [0.15, 0.2) is 0 Å². The van der Waals surface area contributed by atoms with Gasteiger partial charge in [-0.15, -0.1) is 11.3 Å². The number of hydrogen-bond acceptors (Lipinski definition) is 5. The van der Waals surface area contributed by atoms with Gasteiger partial charge < -0.3 is 15.1 Å². The van der Waals surface area contributed by atoms with Crippen LogP contribution in [0, 0.1) is 6.92 Å². The topological polar surface area (TPSA) is 65.5 Å². The van der Waals surface area contributed by atoms with Gasteiger partial charge in [-0.2, -0.15) is 0 Å². The van der Waals surface area contributed by atoms with Crippen LogP contribution in [-0.4, -0.2) is 59.3 Å². The minimum Gasteiger partial charge on any atom is -0.370 e. The normalized spacial score (nSPS) is 19.9. The zero-order chi connectivity index (χ0) is 18.7. The van der Waals surface area contributed by atoms with E-state index in [2.05, 4.69) is 10.3 Å². The summed E-state index contributed by atoms with van der Waals surface area (Å²) in [6, 6.07) is 9.68. The van der Waals surface area contributed by atoms with E-state index < -0.39 is 5.54 Å². The second kappa shape index (κ2) is 7.45. The van der Waals surface area contributed by atoms with Gasteiger partial charge in [0.05, 0.1) is 11.6 Å². The van der Waals surface area contributed by atoms with Gasteiger partial charge in [-0.25, -0.2) is 4.98 Å².